The molecule has 0 unspecified atom stereocenters. The number of nitrogens with one attached hydrogen (secondary N) is 1. The molecule has 0 spiro atoms. The molecule has 7 rings (SSSR count). The predicted molar refractivity (Wildman–Crippen MR) is 272 cm³/mol. The van der Waals surface area contributed by atoms with Gasteiger partial charge in [0.15, 0.2) is 0 Å². The second-order valence-corrected chi connectivity index (χ2v) is 23.4. The number of nitrogens with zero attached hydrogens (tertiary/aromatic N) is 8. The molecule has 2 saturated heterocycles. The van der Waals surface area contributed by atoms with Crippen LogP contribution in [0.3, 0.4) is 0 Å². The number of carbonyl (C=O) groups is 3. The molecule has 5 aromatic rings. The standard InChI is InChI=1S/C50H64N10O12S2/c1-49(2,3)71-47(62)57-25-24-36(31-57)54-73(64,65)42-23-22-40(56-26-27-59(41(32-56)45(51)61)48(63)72-50(4,5)6)43(46-52-55-60(53-46)30-35-14-20-39(70-9)21-15-35)44(42)74(66,67)58(28-33-10-16-37(68-7)17-11-33)29-34-12-18-38(69-8)19-13-34/h10-23,36,41,54H,24-32H2,1-9H3,(H2,51,61)/t36-,41+/m1/s1. The molecule has 2 aliphatic rings. The molecule has 0 saturated carbocycles. The van der Waals surface area contributed by atoms with Crippen LogP contribution in [-0.2, 0) is 53.9 Å². The minimum atomic E-state index is -5.06. The van der Waals surface area contributed by atoms with Gasteiger partial charge in [0.2, 0.25) is 31.8 Å². The summed E-state index contributed by atoms with van der Waals surface area (Å²) in [6, 6.07) is 21.0. The topological polar surface area (TPSA) is 260 Å². The van der Waals surface area contributed by atoms with Gasteiger partial charge in [-0.3, -0.25) is 9.69 Å². The number of rotatable bonds is 17. The Balaban J connectivity index is 1.44. The Labute approximate surface area is 431 Å². The van der Waals surface area contributed by atoms with Gasteiger partial charge in [0.25, 0.3) is 0 Å². The molecule has 24 heteroatoms. The zero-order chi connectivity index (χ0) is 53.8. The zero-order valence-corrected chi connectivity index (χ0v) is 44.6. The molecule has 1 aromatic heterocycles. The Kier molecular flexibility index (Phi) is 16.4. The number of benzene rings is 4. The first-order valence-corrected chi connectivity index (χ1v) is 26.7. The third-order valence-electron chi connectivity index (χ3n) is 12.0. The van der Waals surface area contributed by atoms with Gasteiger partial charge in [-0.05, 0) is 118 Å². The molecule has 3 N–H and O–H groups in total. The van der Waals surface area contributed by atoms with Gasteiger partial charge in [-0.2, -0.15) is 9.10 Å². The van der Waals surface area contributed by atoms with E-state index in [1.807, 2.05) is 0 Å². The van der Waals surface area contributed by atoms with Gasteiger partial charge in [0.05, 0.1) is 33.4 Å². The van der Waals surface area contributed by atoms with Crippen molar-refractivity contribution in [1.82, 2.24) is 39.0 Å². The van der Waals surface area contributed by atoms with Crippen molar-refractivity contribution in [2.75, 3.05) is 59.0 Å². The highest BCUT2D eigenvalue weighted by molar-refractivity contribution is 7.92. The predicted octanol–water partition coefficient (Wildman–Crippen LogP) is 5.00. The Hall–Kier alpha value is -7.02. The monoisotopic (exact) mass is 1060 g/mol. The molecule has 4 aromatic carbocycles. The highest BCUT2D eigenvalue weighted by atomic mass is 32.2. The number of methoxy groups -OCH3 is 3. The second kappa shape index (κ2) is 22.2. The van der Waals surface area contributed by atoms with Gasteiger partial charge in [-0.25, -0.2) is 31.1 Å². The van der Waals surface area contributed by atoms with Gasteiger partial charge in [0.1, 0.15) is 44.3 Å². The van der Waals surface area contributed by atoms with E-state index in [2.05, 4.69) is 15.0 Å². The summed E-state index contributed by atoms with van der Waals surface area (Å²) >= 11 is 0. The minimum absolute atomic E-state index is 0.0101. The van der Waals surface area contributed by atoms with Crippen molar-refractivity contribution in [3.63, 3.8) is 0 Å². The molecule has 2 aliphatic heterocycles. The Bertz CT molecular complexity index is 2980. The number of hydrogen-bond donors (Lipinski definition) is 2. The summed E-state index contributed by atoms with van der Waals surface area (Å²) in [5.41, 5.74) is 5.87. The van der Waals surface area contributed by atoms with E-state index in [0.29, 0.717) is 28.4 Å². The number of likely N-dealkylation sites (tertiary alicyclic amines) is 1. The Morgan fingerprint density at radius 1 is 0.703 bits per heavy atom. The molecule has 2 atom stereocenters. The summed E-state index contributed by atoms with van der Waals surface area (Å²) in [6.07, 6.45) is -1.24. The number of piperazine rings is 1. The minimum Gasteiger partial charge on any atom is -0.497 e. The number of amides is 3. The lowest BCUT2D eigenvalue weighted by Gasteiger charge is -2.41. The number of sulfonamides is 2. The summed E-state index contributed by atoms with van der Waals surface area (Å²) in [6.45, 7) is 9.44. The van der Waals surface area contributed by atoms with E-state index in [9.17, 15) is 14.4 Å². The largest absolute Gasteiger partial charge is 0.497 e. The first-order valence-electron chi connectivity index (χ1n) is 23.8. The van der Waals surface area contributed by atoms with Crippen molar-refractivity contribution in [3.8, 4) is 28.6 Å². The molecule has 22 nitrogen and oxygen atoms in total. The van der Waals surface area contributed by atoms with E-state index in [-0.39, 0.29) is 75.9 Å². The van der Waals surface area contributed by atoms with Gasteiger partial charge >= 0.3 is 12.2 Å². The third-order valence-corrected chi connectivity index (χ3v) is 15.6. The number of tetrazole rings is 1. The van der Waals surface area contributed by atoms with Crippen LogP contribution in [0.5, 0.6) is 17.2 Å². The van der Waals surface area contributed by atoms with E-state index in [1.54, 1.807) is 119 Å². The molecule has 0 radical (unpaired) electrons. The number of aromatic nitrogens is 4. The Morgan fingerprint density at radius 3 is 1.74 bits per heavy atom. The van der Waals surface area contributed by atoms with Crippen LogP contribution in [-0.4, -0.2) is 147 Å². The van der Waals surface area contributed by atoms with E-state index < -0.39 is 71.2 Å². The van der Waals surface area contributed by atoms with Crippen LogP contribution >= 0.6 is 0 Å². The fourth-order valence-electron chi connectivity index (χ4n) is 8.45. The zero-order valence-electron chi connectivity index (χ0n) is 43.0. The van der Waals surface area contributed by atoms with Crippen LogP contribution in [0.25, 0.3) is 11.4 Å². The molecule has 2 fully saturated rings. The van der Waals surface area contributed by atoms with Crippen molar-refractivity contribution in [3.05, 3.63) is 102 Å². The van der Waals surface area contributed by atoms with Crippen LogP contribution in [0.15, 0.2) is 94.7 Å². The summed E-state index contributed by atoms with van der Waals surface area (Å²) in [5.74, 6) is 0.505. The molecule has 74 heavy (non-hydrogen) atoms. The summed E-state index contributed by atoms with van der Waals surface area (Å²) in [5, 5.41) is 13.4. The average molecular weight is 1060 g/mol. The van der Waals surface area contributed by atoms with Crippen molar-refractivity contribution >= 4 is 43.8 Å². The lowest BCUT2D eigenvalue weighted by molar-refractivity contribution is -0.123. The number of hydrogen-bond acceptors (Lipinski definition) is 16. The fourth-order valence-corrected chi connectivity index (χ4v) is 12.1. The summed E-state index contributed by atoms with van der Waals surface area (Å²) in [4.78, 5) is 44.0. The highest BCUT2D eigenvalue weighted by Crippen LogP contribution is 2.42. The number of ether oxygens (including phenoxy) is 5. The van der Waals surface area contributed by atoms with Gasteiger partial charge in [-0.1, -0.05) is 36.4 Å². The maximum atomic E-state index is 16.3. The highest BCUT2D eigenvalue weighted by Gasteiger charge is 2.43. The Morgan fingerprint density at radius 2 is 1.23 bits per heavy atom. The molecule has 3 amide bonds. The number of nitrogens with two attached hydrogens (primary N) is 1. The third kappa shape index (κ3) is 13.2. The maximum Gasteiger partial charge on any atom is 0.411 e. The van der Waals surface area contributed by atoms with Crippen LogP contribution in [0, 0.1) is 0 Å². The van der Waals surface area contributed by atoms with Crippen LogP contribution in [0.2, 0.25) is 0 Å². The van der Waals surface area contributed by atoms with Crippen molar-refractivity contribution < 1.29 is 54.9 Å². The lowest BCUT2D eigenvalue weighted by Crippen LogP contribution is -2.60. The number of primary amides is 1. The smallest absolute Gasteiger partial charge is 0.411 e. The van der Waals surface area contributed by atoms with Crippen molar-refractivity contribution in [2.45, 2.75) is 101 Å². The SMILES string of the molecule is COc1ccc(CN(Cc2ccc(OC)cc2)S(=O)(=O)c2c(S(=O)(=O)N[C@@H]3CCN(C(=O)OC(C)(C)C)C3)ccc(N3CCN(C(=O)OC(C)(C)C)[C@H](C(N)=O)C3)c2-c2nnn(Cc3ccc(OC)cc3)n2)cc1. The quantitative estimate of drug-likeness (QED) is 0.124. The maximum absolute atomic E-state index is 16.3. The van der Waals surface area contributed by atoms with Gasteiger partial charge in [0, 0.05) is 57.5 Å². The number of carbonyl (C=O) groups excluding carboxylic acids is 3. The van der Waals surface area contributed by atoms with Crippen LogP contribution < -0.4 is 29.6 Å². The first kappa shape index (κ1) is 54.7. The normalized spacial score (nSPS) is 16.5. The van der Waals surface area contributed by atoms with Crippen LogP contribution in [0.1, 0.15) is 64.7 Å². The van der Waals surface area contributed by atoms with Gasteiger partial charge in [-0.15, -0.1) is 10.2 Å². The van der Waals surface area contributed by atoms with E-state index >= 15 is 16.8 Å². The molecule has 3 heterocycles. The molecule has 0 bridgehead atoms. The summed E-state index contributed by atoms with van der Waals surface area (Å²) in [7, 11) is -5.36. The molecular weight excluding hydrogens is 997 g/mol. The molecule has 398 valence electrons. The molecule has 0 aliphatic carbocycles. The van der Waals surface area contributed by atoms with Gasteiger partial charge < -0.3 is 39.2 Å². The van der Waals surface area contributed by atoms with E-state index in [1.165, 1.54) is 48.1 Å². The molecular formula is C50H64N10O12S2. The second-order valence-electron chi connectivity index (χ2n) is 19.8. The lowest BCUT2D eigenvalue weighted by atomic mass is 10.1. The van der Waals surface area contributed by atoms with E-state index in [0.717, 1.165) is 9.87 Å². The first-order chi connectivity index (χ1) is 34.9. The summed E-state index contributed by atoms with van der Waals surface area (Å²) < 4.78 is 94.1. The van der Waals surface area contributed by atoms with Crippen molar-refractivity contribution in [1.29, 1.82) is 0 Å². The fraction of sp³-hybridized carbons (Fsp3) is 0.440. The number of anilines is 1. The average Bonchev–Trinajstić information content (AvgIpc) is 4.02. The van der Waals surface area contributed by atoms with Crippen molar-refractivity contribution in [2.24, 2.45) is 5.73 Å². The van der Waals surface area contributed by atoms with Crippen LogP contribution in [0.4, 0.5) is 15.3 Å². The van der Waals surface area contributed by atoms with E-state index in [4.69, 9.17) is 34.5 Å².